The van der Waals surface area contributed by atoms with Crippen LogP contribution in [0.1, 0.15) is 43.1 Å². The van der Waals surface area contributed by atoms with E-state index in [1.807, 2.05) is 11.8 Å². The van der Waals surface area contributed by atoms with Gasteiger partial charge in [0.1, 0.15) is 24.0 Å². The molecule has 45 heavy (non-hydrogen) atoms. The summed E-state index contributed by atoms with van der Waals surface area (Å²) >= 11 is 0. The van der Waals surface area contributed by atoms with Crippen molar-refractivity contribution < 1.29 is 42.5 Å². The van der Waals surface area contributed by atoms with Gasteiger partial charge in [-0.25, -0.2) is 18.4 Å². The van der Waals surface area contributed by atoms with E-state index in [1.54, 1.807) is 10.6 Å². The summed E-state index contributed by atoms with van der Waals surface area (Å²) in [7, 11) is 0. The molecule has 2 saturated heterocycles. The van der Waals surface area contributed by atoms with Crippen LogP contribution < -0.4 is 30.0 Å². The molecule has 12 nitrogen and oxygen atoms in total. The maximum atomic E-state index is 15.6. The molecule has 1 aromatic heterocycles. The van der Waals surface area contributed by atoms with Gasteiger partial charge in [0.25, 0.3) is 0 Å². The molecule has 2 amide bonds. The number of carboxylic acid groups (broad SMARTS) is 1. The molecular weight excluding hydrogens is 594 g/mol. The summed E-state index contributed by atoms with van der Waals surface area (Å²) in [6, 6.07) is 5.04. The zero-order valence-corrected chi connectivity index (χ0v) is 24.7. The third-order valence-corrected chi connectivity index (χ3v) is 8.44. The molecule has 4 heterocycles. The number of nitrogens with one attached hydrogen (secondary N) is 1. The first kappa shape index (κ1) is 30.2. The molecule has 3 aliphatic heterocycles. The SMILES string of the molecule is CC(=O)NCC1CN(c2ccc(OCCC3CCN(c4c(F)cc5c(=O)c(C(=O)O)cn6c5c4OCC6C)C3)c(F)c2)C(=O)O1. The molecule has 238 valence electrons. The van der Waals surface area contributed by atoms with E-state index in [0.717, 1.165) is 12.5 Å². The minimum Gasteiger partial charge on any atom is -0.491 e. The predicted molar refractivity (Wildman–Crippen MR) is 158 cm³/mol. The van der Waals surface area contributed by atoms with E-state index in [9.17, 15) is 28.7 Å². The number of aromatic nitrogens is 1. The number of benzene rings is 2. The molecule has 0 saturated carbocycles. The van der Waals surface area contributed by atoms with Crippen LogP contribution >= 0.6 is 0 Å². The van der Waals surface area contributed by atoms with Gasteiger partial charge in [-0.2, -0.15) is 0 Å². The van der Waals surface area contributed by atoms with Gasteiger partial charge in [-0.3, -0.25) is 14.5 Å². The lowest BCUT2D eigenvalue weighted by Crippen LogP contribution is -2.33. The average Bonchev–Trinajstić information content (AvgIpc) is 3.61. The van der Waals surface area contributed by atoms with Gasteiger partial charge in [0.2, 0.25) is 11.3 Å². The number of hydrogen-bond acceptors (Lipinski definition) is 8. The summed E-state index contributed by atoms with van der Waals surface area (Å²) in [6.45, 7) is 4.92. The molecule has 6 rings (SSSR count). The molecule has 2 N–H and O–H groups in total. The number of halogens is 2. The van der Waals surface area contributed by atoms with Gasteiger partial charge in [-0.05, 0) is 43.9 Å². The molecule has 3 aromatic rings. The van der Waals surface area contributed by atoms with E-state index in [0.29, 0.717) is 30.7 Å². The maximum absolute atomic E-state index is 15.6. The standard InChI is InChI=1S/C31H32F2N4O8/c1-16-15-44-29-26-21(28(39)22(30(40)41)14-36(16)26)10-24(33)27(29)35-7-5-18(12-35)6-8-43-25-4-3-19(9-23(25)32)37-13-20(45-31(37)42)11-34-17(2)38/h3-4,9-10,14,16,18,20H,5-8,11-13,15H2,1-2H3,(H,34,38)(H,40,41). The van der Waals surface area contributed by atoms with Crippen molar-refractivity contribution in [3.8, 4) is 11.5 Å². The second kappa shape index (κ2) is 11.9. The number of nitrogens with zero attached hydrogens (tertiary/aromatic N) is 3. The Morgan fingerprint density at radius 2 is 1.96 bits per heavy atom. The van der Waals surface area contributed by atoms with Crippen LogP contribution in [0.25, 0.3) is 10.9 Å². The maximum Gasteiger partial charge on any atom is 0.414 e. The number of hydrogen-bond donors (Lipinski definition) is 2. The summed E-state index contributed by atoms with van der Waals surface area (Å²) in [5, 5.41) is 12.1. The van der Waals surface area contributed by atoms with Crippen molar-refractivity contribution in [3.05, 3.63) is 57.9 Å². The number of carboxylic acids is 1. The van der Waals surface area contributed by atoms with Crippen molar-refractivity contribution >= 4 is 40.2 Å². The summed E-state index contributed by atoms with van der Waals surface area (Å²) < 4.78 is 49.0. The first-order valence-electron chi connectivity index (χ1n) is 14.7. The number of pyridine rings is 1. The first-order valence-corrected chi connectivity index (χ1v) is 14.7. The highest BCUT2D eigenvalue weighted by molar-refractivity contribution is 5.97. The van der Waals surface area contributed by atoms with E-state index in [-0.39, 0.29) is 66.7 Å². The Bertz CT molecular complexity index is 1760. The summed E-state index contributed by atoms with van der Waals surface area (Å²) in [6.07, 6.45) is 1.41. The van der Waals surface area contributed by atoms with Gasteiger partial charge in [0.05, 0.1) is 42.3 Å². The van der Waals surface area contributed by atoms with Crippen molar-refractivity contribution in [2.45, 2.75) is 38.8 Å². The molecule has 0 aliphatic carbocycles. The molecule has 2 aromatic carbocycles. The Balaban J connectivity index is 1.10. The third kappa shape index (κ3) is 5.71. The number of anilines is 2. The Labute approximate surface area is 256 Å². The van der Waals surface area contributed by atoms with Gasteiger partial charge >= 0.3 is 12.1 Å². The molecule has 2 fully saturated rings. The first-order chi connectivity index (χ1) is 21.5. The Hall–Kier alpha value is -4.88. The lowest BCUT2D eigenvalue weighted by molar-refractivity contribution is -0.119. The Morgan fingerprint density at radius 3 is 2.69 bits per heavy atom. The number of amides is 2. The molecule has 3 unspecified atom stereocenters. The zero-order chi connectivity index (χ0) is 32.0. The van der Waals surface area contributed by atoms with Crippen molar-refractivity contribution in [1.82, 2.24) is 9.88 Å². The minimum atomic E-state index is -1.37. The van der Waals surface area contributed by atoms with E-state index < -0.39 is 40.8 Å². The number of aromatic carboxylic acids is 1. The summed E-state index contributed by atoms with van der Waals surface area (Å²) in [5.41, 5.74) is -0.273. The number of ether oxygens (including phenoxy) is 3. The summed E-state index contributed by atoms with van der Waals surface area (Å²) in [5.74, 6) is -2.57. The average molecular weight is 627 g/mol. The lowest BCUT2D eigenvalue weighted by atomic mass is 10.1. The van der Waals surface area contributed by atoms with Crippen molar-refractivity contribution in [2.24, 2.45) is 5.92 Å². The third-order valence-electron chi connectivity index (χ3n) is 8.44. The number of cyclic esters (lactones) is 1. The van der Waals surface area contributed by atoms with Crippen LogP contribution in [0.15, 0.2) is 35.3 Å². The van der Waals surface area contributed by atoms with E-state index in [1.165, 1.54) is 30.2 Å². The van der Waals surface area contributed by atoms with Crippen LogP contribution in [0.3, 0.4) is 0 Å². The smallest absolute Gasteiger partial charge is 0.414 e. The fourth-order valence-corrected chi connectivity index (χ4v) is 6.14. The zero-order valence-electron chi connectivity index (χ0n) is 24.7. The van der Waals surface area contributed by atoms with E-state index in [4.69, 9.17) is 14.2 Å². The van der Waals surface area contributed by atoms with Crippen LogP contribution in [0.4, 0.5) is 25.0 Å². The predicted octanol–water partition coefficient (Wildman–Crippen LogP) is 3.69. The molecule has 3 atom stereocenters. The van der Waals surface area contributed by atoms with Crippen LogP contribution in [0.2, 0.25) is 0 Å². The molecule has 0 spiro atoms. The number of carbonyl (C=O) groups is 3. The second-order valence-corrected chi connectivity index (χ2v) is 11.6. The molecule has 3 aliphatic rings. The Morgan fingerprint density at radius 1 is 1.16 bits per heavy atom. The van der Waals surface area contributed by atoms with Crippen molar-refractivity contribution in [1.29, 1.82) is 0 Å². The number of carbonyl (C=O) groups excluding carboxylic acids is 2. The fraction of sp³-hybridized carbons (Fsp3) is 0.419. The van der Waals surface area contributed by atoms with Crippen LogP contribution in [-0.2, 0) is 9.53 Å². The van der Waals surface area contributed by atoms with Gasteiger partial charge in [-0.1, -0.05) is 0 Å². The van der Waals surface area contributed by atoms with Gasteiger partial charge in [-0.15, -0.1) is 0 Å². The Kier molecular flexibility index (Phi) is 7.97. The van der Waals surface area contributed by atoms with Crippen molar-refractivity contribution in [2.75, 3.05) is 49.2 Å². The lowest BCUT2D eigenvalue weighted by Gasteiger charge is -2.31. The van der Waals surface area contributed by atoms with Crippen molar-refractivity contribution in [3.63, 3.8) is 0 Å². The normalized spacial score (nSPS) is 20.7. The van der Waals surface area contributed by atoms with E-state index >= 15 is 4.39 Å². The second-order valence-electron chi connectivity index (χ2n) is 11.6. The molecular formula is C31H32F2N4O8. The monoisotopic (exact) mass is 626 g/mol. The minimum absolute atomic E-state index is 0.0298. The topological polar surface area (TPSA) is 140 Å². The molecule has 14 heteroatoms. The summed E-state index contributed by atoms with van der Waals surface area (Å²) in [4.78, 5) is 51.1. The van der Waals surface area contributed by atoms with Gasteiger partial charge in [0, 0.05) is 32.3 Å². The largest absolute Gasteiger partial charge is 0.491 e. The molecule has 0 radical (unpaired) electrons. The highest BCUT2D eigenvalue weighted by Crippen LogP contribution is 2.43. The molecule has 0 bridgehead atoms. The van der Waals surface area contributed by atoms with Crippen LogP contribution in [0.5, 0.6) is 11.5 Å². The quantitative estimate of drug-likeness (QED) is 0.364. The van der Waals surface area contributed by atoms with Crippen LogP contribution in [-0.4, -0.2) is 73.1 Å². The fourth-order valence-electron chi connectivity index (χ4n) is 6.14. The van der Waals surface area contributed by atoms with Gasteiger partial charge < -0.3 is 34.1 Å². The van der Waals surface area contributed by atoms with Crippen LogP contribution in [0, 0.1) is 17.6 Å². The highest BCUT2D eigenvalue weighted by atomic mass is 19.1. The van der Waals surface area contributed by atoms with Gasteiger partial charge in [0.15, 0.2) is 23.1 Å². The highest BCUT2D eigenvalue weighted by Gasteiger charge is 2.34. The van der Waals surface area contributed by atoms with E-state index in [2.05, 4.69) is 5.32 Å². The number of rotatable bonds is 9.